The number of carboxylic acids is 1. The molecule has 0 saturated heterocycles. The van der Waals surface area contributed by atoms with E-state index < -0.39 is 5.97 Å². The molecule has 4 nitrogen and oxygen atoms in total. The van der Waals surface area contributed by atoms with Crippen molar-refractivity contribution in [3.8, 4) is 0 Å². The van der Waals surface area contributed by atoms with E-state index in [0.29, 0.717) is 0 Å². The molecule has 0 spiro atoms. The average molecular weight is 302 g/mol. The maximum absolute atomic E-state index is 11.0. The third-order valence-corrected chi connectivity index (χ3v) is 5.01. The molecule has 0 radical (unpaired) electrons. The molecule has 0 fully saturated rings. The normalized spacial score (nSPS) is 10.8. The van der Waals surface area contributed by atoms with Crippen molar-refractivity contribution in [1.82, 2.24) is 9.97 Å². The zero-order chi connectivity index (χ0) is 14.1. The Morgan fingerprint density at radius 3 is 3.00 bits per heavy atom. The first-order chi connectivity index (χ1) is 9.65. The molecule has 1 N–H and O–H groups in total. The van der Waals surface area contributed by atoms with Gasteiger partial charge in [0.2, 0.25) is 0 Å². The monoisotopic (exact) mass is 302 g/mol. The summed E-state index contributed by atoms with van der Waals surface area (Å²) in [6.07, 6.45) is 1.55. The Morgan fingerprint density at radius 2 is 2.20 bits per heavy atom. The second-order valence-corrected chi connectivity index (χ2v) is 6.15. The fourth-order valence-corrected chi connectivity index (χ4v) is 3.82. The molecule has 2 aromatic heterocycles. The minimum absolute atomic E-state index is 0.280. The summed E-state index contributed by atoms with van der Waals surface area (Å²) in [6.45, 7) is 2.02. The lowest BCUT2D eigenvalue weighted by Gasteiger charge is -2.03. The fourth-order valence-electron chi connectivity index (χ4n) is 1.82. The first-order valence-corrected chi connectivity index (χ1v) is 7.55. The SMILES string of the molecule is Cc1csc2c(Sc3cccc(C(=O)O)c3)ncnc12. The summed E-state index contributed by atoms with van der Waals surface area (Å²) in [5.74, 6) is -0.924. The lowest BCUT2D eigenvalue weighted by Crippen LogP contribution is -1.95. The van der Waals surface area contributed by atoms with Crippen LogP contribution in [0.1, 0.15) is 15.9 Å². The van der Waals surface area contributed by atoms with Crippen molar-refractivity contribution in [3.63, 3.8) is 0 Å². The zero-order valence-electron chi connectivity index (χ0n) is 10.5. The van der Waals surface area contributed by atoms with Gasteiger partial charge in [0, 0.05) is 4.90 Å². The summed E-state index contributed by atoms with van der Waals surface area (Å²) < 4.78 is 1.04. The summed E-state index contributed by atoms with van der Waals surface area (Å²) in [7, 11) is 0. The van der Waals surface area contributed by atoms with Gasteiger partial charge in [-0.15, -0.1) is 11.3 Å². The van der Waals surface area contributed by atoms with Crippen molar-refractivity contribution in [1.29, 1.82) is 0 Å². The summed E-state index contributed by atoms with van der Waals surface area (Å²) >= 11 is 3.07. The topological polar surface area (TPSA) is 63.1 Å². The summed E-state index contributed by atoms with van der Waals surface area (Å²) in [6, 6.07) is 6.86. The largest absolute Gasteiger partial charge is 0.478 e. The molecular weight excluding hydrogens is 292 g/mol. The van der Waals surface area contributed by atoms with Crippen LogP contribution in [0.2, 0.25) is 0 Å². The van der Waals surface area contributed by atoms with E-state index in [4.69, 9.17) is 5.11 Å². The summed E-state index contributed by atoms with van der Waals surface area (Å²) in [4.78, 5) is 20.4. The molecule has 0 amide bonds. The van der Waals surface area contributed by atoms with Crippen LogP contribution in [0.15, 0.2) is 45.9 Å². The molecule has 6 heteroatoms. The molecule has 2 heterocycles. The summed E-state index contributed by atoms with van der Waals surface area (Å²) in [5.41, 5.74) is 2.37. The Kier molecular flexibility index (Phi) is 3.42. The molecule has 0 unspecified atom stereocenters. The molecule has 0 saturated carbocycles. The molecule has 0 bridgehead atoms. The van der Waals surface area contributed by atoms with Crippen molar-refractivity contribution in [3.05, 3.63) is 47.1 Å². The number of carbonyl (C=O) groups is 1. The highest BCUT2D eigenvalue weighted by atomic mass is 32.2. The van der Waals surface area contributed by atoms with Crippen LogP contribution in [0, 0.1) is 6.92 Å². The Hall–Kier alpha value is -1.92. The molecule has 100 valence electrons. The van der Waals surface area contributed by atoms with Gasteiger partial charge in [-0.2, -0.15) is 0 Å². The van der Waals surface area contributed by atoms with Crippen molar-refractivity contribution >= 4 is 39.3 Å². The highest BCUT2D eigenvalue weighted by molar-refractivity contribution is 7.99. The van der Waals surface area contributed by atoms with Crippen LogP contribution in [-0.4, -0.2) is 21.0 Å². The number of thiophene rings is 1. The first-order valence-electron chi connectivity index (χ1n) is 5.85. The standard InChI is InChI=1S/C14H10N2O2S2/c1-8-6-19-12-11(8)15-7-16-13(12)20-10-4-2-3-9(5-10)14(17)18/h2-7H,1H3,(H,17,18). The lowest BCUT2D eigenvalue weighted by atomic mass is 10.2. The first kappa shape index (κ1) is 13.1. The van der Waals surface area contributed by atoms with E-state index in [-0.39, 0.29) is 5.56 Å². The van der Waals surface area contributed by atoms with E-state index in [1.54, 1.807) is 35.9 Å². The van der Waals surface area contributed by atoms with E-state index in [0.717, 1.165) is 25.7 Å². The quantitative estimate of drug-likeness (QED) is 0.745. The van der Waals surface area contributed by atoms with Gasteiger partial charge in [-0.3, -0.25) is 0 Å². The number of hydrogen-bond donors (Lipinski definition) is 1. The number of benzene rings is 1. The number of carboxylic acid groups (broad SMARTS) is 1. The van der Waals surface area contributed by atoms with Crippen LogP contribution in [0.5, 0.6) is 0 Å². The smallest absolute Gasteiger partial charge is 0.335 e. The van der Waals surface area contributed by atoms with Crippen LogP contribution in [-0.2, 0) is 0 Å². The summed E-state index contributed by atoms with van der Waals surface area (Å²) in [5, 5.41) is 11.9. The Bertz CT molecular complexity index is 799. The van der Waals surface area contributed by atoms with Crippen LogP contribution in [0.25, 0.3) is 10.2 Å². The highest BCUT2D eigenvalue weighted by Crippen LogP contribution is 2.35. The number of fused-ring (bicyclic) bond motifs is 1. The van der Waals surface area contributed by atoms with Gasteiger partial charge in [-0.25, -0.2) is 14.8 Å². The molecule has 3 aromatic rings. The zero-order valence-corrected chi connectivity index (χ0v) is 12.2. The fraction of sp³-hybridized carbons (Fsp3) is 0.0714. The van der Waals surface area contributed by atoms with Gasteiger partial charge in [0.15, 0.2) is 0 Å². The third kappa shape index (κ3) is 2.39. The lowest BCUT2D eigenvalue weighted by molar-refractivity contribution is 0.0696. The van der Waals surface area contributed by atoms with Crippen molar-refractivity contribution in [2.24, 2.45) is 0 Å². The van der Waals surface area contributed by atoms with Gasteiger partial charge in [0.25, 0.3) is 0 Å². The average Bonchev–Trinajstić information content (AvgIpc) is 2.82. The predicted molar refractivity (Wildman–Crippen MR) is 79.7 cm³/mol. The number of nitrogens with zero attached hydrogens (tertiary/aromatic N) is 2. The molecule has 0 atom stereocenters. The van der Waals surface area contributed by atoms with Gasteiger partial charge < -0.3 is 5.11 Å². The minimum Gasteiger partial charge on any atom is -0.478 e. The maximum Gasteiger partial charge on any atom is 0.335 e. The van der Waals surface area contributed by atoms with Crippen molar-refractivity contribution in [2.45, 2.75) is 16.8 Å². The number of aromatic carboxylic acids is 1. The van der Waals surface area contributed by atoms with E-state index in [1.165, 1.54) is 11.8 Å². The van der Waals surface area contributed by atoms with Crippen LogP contribution < -0.4 is 0 Å². The number of rotatable bonds is 3. The molecule has 1 aromatic carbocycles. The minimum atomic E-state index is -0.924. The molecule has 0 aliphatic rings. The van der Waals surface area contributed by atoms with Crippen LogP contribution >= 0.6 is 23.1 Å². The second-order valence-electron chi connectivity index (χ2n) is 4.21. The van der Waals surface area contributed by atoms with Crippen LogP contribution in [0.3, 0.4) is 0 Å². The van der Waals surface area contributed by atoms with E-state index in [9.17, 15) is 4.79 Å². The van der Waals surface area contributed by atoms with Gasteiger partial charge in [-0.1, -0.05) is 17.8 Å². The Labute approximate surface area is 123 Å². The van der Waals surface area contributed by atoms with Gasteiger partial charge >= 0.3 is 5.97 Å². The van der Waals surface area contributed by atoms with Gasteiger partial charge in [0.05, 0.1) is 15.8 Å². The van der Waals surface area contributed by atoms with Crippen molar-refractivity contribution < 1.29 is 9.90 Å². The number of aryl methyl sites for hydroxylation is 1. The van der Waals surface area contributed by atoms with Gasteiger partial charge in [-0.05, 0) is 36.1 Å². The molecular formula is C14H10N2O2S2. The van der Waals surface area contributed by atoms with E-state index in [1.807, 2.05) is 13.0 Å². The van der Waals surface area contributed by atoms with Gasteiger partial charge in [0.1, 0.15) is 11.4 Å². The second kappa shape index (κ2) is 5.22. The van der Waals surface area contributed by atoms with E-state index in [2.05, 4.69) is 15.3 Å². The Balaban J connectivity index is 2.01. The van der Waals surface area contributed by atoms with E-state index >= 15 is 0 Å². The third-order valence-electron chi connectivity index (χ3n) is 2.79. The molecule has 3 rings (SSSR count). The molecule has 0 aliphatic carbocycles. The molecule has 0 aliphatic heterocycles. The highest BCUT2D eigenvalue weighted by Gasteiger charge is 2.10. The Morgan fingerprint density at radius 1 is 1.35 bits per heavy atom. The molecule has 20 heavy (non-hydrogen) atoms. The number of hydrogen-bond acceptors (Lipinski definition) is 5. The number of aromatic nitrogens is 2. The van der Waals surface area contributed by atoms with Crippen LogP contribution in [0.4, 0.5) is 0 Å². The maximum atomic E-state index is 11.0. The van der Waals surface area contributed by atoms with Crippen molar-refractivity contribution in [2.75, 3.05) is 0 Å². The predicted octanol–water partition coefficient (Wildman–Crippen LogP) is 3.85.